The summed E-state index contributed by atoms with van der Waals surface area (Å²) < 4.78 is 37.1. The molecule has 1 saturated heterocycles. The maximum Gasteiger partial charge on any atom is 0.306 e. The number of hydrogen-bond donors (Lipinski definition) is 0. The summed E-state index contributed by atoms with van der Waals surface area (Å²) in [6.45, 7) is 6.43. The molecule has 25 heavy (non-hydrogen) atoms. The van der Waals surface area contributed by atoms with Crippen LogP contribution in [0.4, 0.5) is 8.78 Å². The third-order valence-electron chi connectivity index (χ3n) is 4.12. The maximum absolute atomic E-state index is 13.5. The second kappa shape index (κ2) is 9.01. The maximum atomic E-state index is 13.5. The van der Waals surface area contributed by atoms with Crippen molar-refractivity contribution in [3.63, 3.8) is 0 Å². The molecule has 0 bridgehead atoms. The van der Waals surface area contributed by atoms with Gasteiger partial charge in [-0.25, -0.2) is 8.78 Å². The normalized spacial score (nSPS) is 18.4. The number of ether oxygens (including phenoxy) is 2. The molecule has 0 unspecified atom stereocenters. The minimum Gasteiger partial charge on any atom is -0.463 e. The van der Waals surface area contributed by atoms with Crippen LogP contribution in [-0.4, -0.2) is 55.1 Å². The summed E-state index contributed by atoms with van der Waals surface area (Å²) in [4.78, 5) is 25.9. The monoisotopic (exact) mass is 355 g/mol. The summed E-state index contributed by atoms with van der Waals surface area (Å²) in [5, 5.41) is 0. The largest absolute Gasteiger partial charge is 0.463 e. The number of carbonyl (C=O) groups is 2. The zero-order valence-corrected chi connectivity index (χ0v) is 14.5. The fraction of sp³-hybridized carbons (Fsp3) is 0.556. The van der Waals surface area contributed by atoms with Gasteiger partial charge in [-0.15, -0.1) is 0 Å². The van der Waals surface area contributed by atoms with Gasteiger partial charge in [0.2, 0.25) is 0 Å². The Morgan fingerprint density at radius 3 is 2.76 bits per heavy atom. The van der Waals surface area contributed by atoms with Crippen LogP contribution in [0.1, 0.15) is 37.0 Å². The van der Waals surface area contributed by atoms with E-state index in [-0.39, 0.29) is 31.1 Å². The van der Waals surface area contributed by atoms with E-state index in [2.05, 4.69) is 18.7 Å². The second-order valence-electron chi connectivity index (χ2n) is 6.31. The van der Waals surface area contributed by atoms with E-state index in [4.69, 9.17) is 9.47 Å². The summed E-state index contributed by atoms with van der Waals surface area (Å²) in [6.07, 6.45) is -0.535. The number of morpholine rings is 1. The fourth-order valence-corrected chi connectivity index (χ4v) is 2.64. The molecule has 1 aromatic carbocycles. The summed E-state index contributed by atoms with van der Waals surface area (Å²) >= 11 is 0. The van der Waals surface area contributed by atoms with Gasteiger partial charge in [0.25, 0.3) is 0 Å². The van der Waals surface area contributed by atoms with E-state index in [1.54, 1.807) is 0 Å². The van der Waals surface area contributed by atoms with Crippen molar-refractivity contribution in [3.8, 4) is 0 Å². The minimum absolute atomic E-state index is 0.126. The summed E-state index contributed by atoms with van der Waals surface area (Å²) in [6, 6.07) is 3.13. The lowest BCUT2D eigenvalue weighted by molar-refractivity contribution is -0.150. The Morgan fingerprint density at radius 2 is 2.08 bits per heavy atom. The van der Waals surface area contributed by atoms with Crippen molar-refractivity contribution < 1.29 is 27.8 Å². The standard InChI is InChI=1S/C18H23F2NO4/c1-12(2)21-7-8-24-14(10-21)11-25-18(23)6-5-17(22)15-4-3-13(19)9-16(15)20/h3-4,9,12,14H,5-8,10-11H2,1-2H3/t14-/m1/s1. The number of ketones is 1. The van der Waals surface area contributed by atoms with Gasteiger partial charge in [-0.3, -0.25) is 14.5 Å². The van der Waals surface area contributed by atoms with Crippen molar-refractivity contribution in [2.75, 3.05) is 26.3 Å². The number of carbonyl (C=O) groups excluding carboxylic acids is 2. The number of Topliss-reactive ketones (excluding diaryl/α,β-unsaturated/α-hetero) is 1. The van der Waals surface area contributed by atoms with Gasteiger partial charge in [-0.2, -0.15) is 0 Å². The highest BCUT2D eigenvalue weighted by Gasteiger charge is 2.23. The Morgan fingerprint density at radius 1 is 1.32 bits per heavy atom. The molecule has 1 fully saturated rings. The van der Waals surface area contributed by atoms with Crippen molar-refractivity contribution in [2.24, 2.45) is 0 Å². The van der Waals surface area contributed by atoms with Crippen LogP contribution in [0.15, 0.2) is 18.2 Å². The molecule has 5 nitrogen and oxygen atoms in total. The van der Waals surface area contributed by atoms with E-state index in [1.807, 2.05) is 0 Å². The lowest BCUT2D eigenvalue weighted by Gasteiger charge is -2.35. The predicted octanol–water partition coefficient (Wildman–Crippen LogP) is 2.58. The third kappa shape index (κ3) is 5.86. The molecule has 1 heterocycles. The first-order chi connectivity index (χ1) is 11.9. The molecule has 0 aliphatic carbocycles. The number of nitrogens with zero attached hydrogens (tertiary/aromatic N) is 1. The molecule has 0 aromatic heterocycles. The molecule has 2 rings (SSSR count). The smallest absolute Gasteiger partial charge is 0.306 e. The zero-order valence-electron chi connectivity index (χ0n) is 14.5. The molecule has 1 aliphatic rings. The van der Waals surface area contributed by atoms with Crippen LogP contribution < -0.4 is 0 Å². The average Bonchev–Trinajstić information content (AvgIpc) is 2.58. The molecule has 0 saturated carbocycles. The van der Waals surface area contributed by atoms with Gasteiger partial charge in [0.1, 0.15) is 24.3 Å². The first-order valence-corrected chi connectivity index (χ1v) is 8.36. The van der Waals surface area contributed by atoms with Gasteiger partial charge in [0.05, 0.1) is 18.6 Å². The molecular weight excluding hydrogens is 332 g/mol. The van der Waals surface area contributed by atoms with Crippen molar-refractivity contribution in [1.29, 1.82) is 0 Å². The van der Waals surface area contributed by atoms with Gasteiger partial charge in [0, 0.05) is 31.6 Å². The Hall–Kier alpha value is -1.86. The van der Waals surface area contributed by atoms with Crippen LogP contribution in [-0.2, 0) is 14.3 Å². The number of benzene rings is 1. The Bertz CT molecular complexity index is 621. The molecule has 1 aromatic rings. The summed E-state index contributed by atoms with van der Waals surface area (Å²) in [5.41, 5.74) is -0.225. The zero-order chi connectivity index (χ0) is 18.4. The highest BCUT2D eigenvalue weighted by Crippen LogP contribution is 2.13. The van der Waals surface area contributed by atoms with Crippen LogP contribution in [0.5, 0.6) is 0 Å². The average molecular weight is 355 g/mol. The van der Waals surface area contributed by atoms with E-state index >= 15 is 0 Å². The number of halogens is 2. The van der Waals surface area contributed by atoms with E-state index in [0.29, 0.717) is 25.3 Å². The van der Waals surface area contributed by atoms with E-state index in [9.17, 15) is 18.4 Å². The molecule has 0 radical (unpaired) electrons. The third-order valence-corrected chi connectivity index (χ3v) is 4.12. The van der Waals surface area contributed by atoms with Gasteiger partial charge in [-0.1, -0.05) is 0 Å². The fourth-order valence-electron chi connectivity index (χ4n) is 2.64. The van der Waals surface area contributed by atoms with E-state index in [1.165, 1.54) is 0 Å². The number of esters is 1. The summed E-state index contributed by atoms with van der Waals surface area (Å²) in [7, 11) is 0. The molecule has 7 heteroatoms. The van der Waals surface area contributed by atoms with Crippen LogP contribution >= 0.6 is 0 Å². The second-order valence-corrected chi connectivity index (χ2v) is 6.31. The minimum atomic E-state index is -0.928. The molecular formula is C18H23F2NO4. The SMILES string of the molecule is CC(C)N1CCO[C@@H](COC(=O)CCC(=O)c2ccc(F)cc2F)C1. The van der Waals surface area contributed by atoms with E-state index < -0.39 is 23.4 Å². The predicted molar refractivity (Wildman–Crippen MR) is 87.3 cm³/mol. The molecule has 1 atom stereocenters. The quantitative estimate of drug-likeness (QED) is 0.556. The molecule has 0 spiro atoms. The molecule has 138 valence electrons. The van der Waals surface area contributed by atoms with Crippen molar-refractivity contribution in [2.45, 2.75) is 38.8 Å². The lowest BCUT2D eigenvalue weighted by Crippen LogP contribution is -2.47. The van der Waals surface area contributed by atoms with Crippen LogP contribution in [0, 0.1) is 11.6 Å². The van der Waals surface area contributed by atoms with E-state index in [0.717, 1.165) is 18.7 Å². The first kappa shape index (κ1) is 19.5. The molecule has 0 amide bonds. The van der Waals surface area contributed by atoms with Crippen LogP contribution in [0.3, 0.4) is 0 Å². The van der Waals surface area contributed by atoms with Gasteiger partial charge >= 0.3 is 5.97 Å². The van der Waals surface area contributed by atoms with Crippen molar-refractivity contribution >= 4 is 11.8 Å². The lowest BCUT2D eigenvalue weighted by atomic mass is 10.1. The topological polar surface area (TPSA) is 55.8 Å². The molecule has 0 N–H and O–H groups in total. The number of hydrogen-bond acceptors (Lipinski definition) is 5. The molecule has 1 aliphatic heterocycles. The highest BCUT2D eigenvalue weighted by molar-refractivity contribution is 5.97. The van der Waals surface area contributed by atoms with Gasteiger partial charge < -0.3 is 9.47 Å². The Balaban J connectivity index is 1.74. The number of rotatable bonds is 7. The Labute approximate surface area is 145 Å². The first-order valence-electron chi connectivity index (χ1n) is 8.36. The van der Waals surface area contributed by atoms with Crippen LogP contribution in [0.25, 0.3) is 0 Å². The van der Waals surface area contributed by atoms with Gasteiger partial charge in [-0.05, 0) is 26.0 Å². The van der Waals surface area contributed by atoms with Gasteiger partial charge in [0.15, 0.2) is 5.78 Å². The van der Waals surface area contributed by atoms with Crippen molar-refractivity contribution in [1.82, 2.24) is 4.90 Å². The van der Waals surface area contributed by atoms with Crippen molar-refractivity contribution in [3.05, 3.63) is 35.4 Å². The Kier molecular flexibility index (Phi) is 7.01. The summed E-state index contributed by atoms with van der Waals surface area (Å²) in [5.74, 6) is -2.78. The van der Waals surface area contributed by atoms with Crippen LogP contribution in [0.2, 0.25) is 0 Å². The highest BCUT2D eigenvalue weighted by atomic mass is 19.1.